The number of rotatable bonds is 0. The van der Waals surface area contributed by atoms with E-state index in [1.165, 1.54) is 12.1 Å². The Kier molecular flexibility index (Phi) is 3.16. The van der Waals surface area contributed by atoms with Crippen molar-refractivity contribution in [1.82, 2.24) is 0 Å². The first kappa shape index (κ1) is 13.9. The van der Waals surface area contributed by atoms with E-state index in [9.17, 15) is 18.0 Å². The lowest BCUT2D eigenvalue weighted by molar-refractivity contribution is -0.136. The van der Waals surface area contributed by atoms with Crippen molar-refractivity contribution < 1.29 is 17.6 Å². The molecule has 7 heteroatoms. The maximum Gasteiger partial charge on any atom is 0.417 e. The van der Waals surface area contributed by atoms with Gasteiger partial charge in [0.1, 0.15) is 5.58 Å². The van der Waals surface area contributed by atoms with Crippen LogP contribution in [0.25, 0.3) is 11.0 Å². The van der Waals surface area contributed by atoms with Crippen LogP contribution in [0.5, 0.6) is 0 Å². The van der Waals surface area contributed by atoms with Gasteiger partial charge in [-0.15, -0.1) is 0 Å². The molecule has 0 spiro atoms. The number of nitrogens with one attached hydrogen (secondary N) is 1. The summed E-state index contributed by atoms with van der Waals surface area (Å²) < 4.78 is 44.1. The minimum absolute atomic E-state index is 0.0605. The lowest BCUT2D eigenvalue weighted by Gasteiger charge is -2.13. The molecule has 0 radical (unpaired) electrons. The lowest BCUT2D eigenvalue weighted by Crippen LogP contribution is -2.27. The highest BCUT2D eigenvalue weighted by Crippen LogP contribution is 2.36. The first-order chi connectivity index (χ1) is 9.84. The monoisotopic (exact) mass is 298 g/mol. The van der Waals surface area contributed by atoms with E-state index in [1.54, 1.807) is 0 Å². The van der Waals surface area contributed by atoms with Gasteiger partial charge in [-0.2, -0.15) is 13.2 Å². The molecule has 2 aromatic rings. The summed E-state index contributed by atoms with van der Waals surface area (Å²) in [5.74, 6) is 0. The second-order valence-corrected chi connectivity index (χ2v) is 5.16. The Labute approximate surface area is 117 Å². The largest absolute Gasteiger partial charge is 0.423 e. The van der Waals surface area contributed by atoms with Crippen molar-refractivity contribution in [2.75, 3.05) is 11.9 Å². The van der Waals surface area contributed by atoms with E-state index in [4.69, 9.17) is 10.2 Å². The van der Waals surface area contributed by atoms with Crippen molar-refractivity contribution in [3.8, 4) is 0 Å². The molecule has 0 amide bonds. The van der Waals surface area contributed by atoms with Gasteiger partial charge in [0.25, 0.3) is 0 Å². The predicted octanol–water partition coefficient (Wildman–Crippen LogP) is 2.50. The number of nitrogens with two attached hydrogens (primary N) is 1. The predicted molar refractivity (Wildman–Crippen MR) is 72.3 cm³/mol. The van der Waals surface area contributed by atoms with E-state index < -0.39 is 17.4 Å². The molecular formula is C14H13F3N2O2. The summed E-state index contributed by atoms with van der Waals surface area (Å²) in [6.07, 6.45) is -3.34. The molecular weight excluding hydrogens is 285 g/mol. The molecule has 0 fully saturated rings. The number of halogens is 3. The zero-order valence-corrected chi connectivity index (χ0v) is 11.0. The van der Waals surface area contributed by atoms with Crippen LogP contribution in [0.1, 0.15) is 17.5 Å². The first-order valence-electron chi connectivity index (χ1n) is 6.52. The normalized spacial score (nSPS) is 19.0. The van der Waals surface area contributed by atoms with Crippen LogP contribution in [-0.2, 0) is 12.6 Å². The summed E-state index contributed by atoms with van der Waals surface area (Å²) in [6.45, 7) is 0.529. The van der Waals surface area contributed by atoms with Crippen LogP contribution < -0.4 is 16.7 Å². The van der Waals surface area contributed by atoms with Crippen LogP contribution in [0.2, 0.25) is 0 Å². The number of hydrogen-bond acceptors (Lipinski definition) is 4. The maximum atomic E-state index is 13.1. The fraction of sp³-hybridized carbons (Fsp3) is 0.357. The highest BCUT2D eigenvalue weighted by molar-refractivity contribution is 5.85. The smallest absolute Gasteiger partial charge is 0.417 e. The van der Waals surface area contributed by atoms with Crippen molar-refractivity contribution >= 4 is 16.7 Å². The quantitative estimate of drug-likeness (QED) is 0.733. The van der Waals surface area contributed by atoms with Crippen molar-refractivity contribution in [2.45, 2.75) is 25.1 Å². The number of aryl methyl sites for hydroxylation is 1. The number of alkyl halides is 3. The Hall–Kier alpha value is -2.02. The molecule has 3 rings (SSSR count). The van der Waals surface area contributed by atoms with Gasteiger partial charge in [0.15, 0.2) is 0 Å². The molecule has 2 heterocycles. The van der Waals surface area contributed by atoms with Gasteiger partial charge in [-0.05, 0) is 24.5 Å². The van der Waals surface area contributed by atoms with Crippen molar-refractivity contribution in [1.29, 1.82) is 0 Å². The zero-order chi connectivity index (χ0) is 15.2. The second kappa shape index (κ2) is 4.77. The van der Waals surface area contributed by atoms with E-state index in [2.05, 4.69) is 5.32 Å². The summed E-state index contributed by atoms with van der Waals surface area (Å²) >= 11 is 0. The molecule has 1 unspecified atom stereocenters. The Morgan fingerprint density at radius 2 is 2.05 bits per heavy atom. The molecule has 4 nitrogen and oxygen atoms in total. The van der Waals surface area contributed by atoms with E-state index in [0.29, 0.717) is 31.1 Å². The molecule has 1 aliphatic rings. The Morgan fingerprint density at radius 3 is 2.76 bits per heavy atom. The Balaban J connectivity index is 2.26. The van der Waals surface area contributed by atoms with Gasteiger partial charge in [0.2, 0.25) is 0 Å². The molecule has 1 aromatic heterocycles. The van der Waals surface area contributed by atoms with Crippen LogP contribution in [0.3, 0.4) is 0 Å². The molecule has 0 aliphatic carbocycles. The number of hydrogen-bond donors (Lipinski definition) is 2. The maximum absolute atomic E-state index is 13.1. The fourth-order valence-electron chi connectivity index (χ4n) is 2.54. The molecule has 1 aromatic carbocycles. The van der Waals surface area contributed by atoms with Gasteiger partial charge in [-0.25, -0.2) is 4.79 Å². The van der Waals surface area contributed by atoms with Gasteiger partial charge >= 0.3 is 11.8 Å². The number of benzene rings is 1. The van der Waals surface area contributed by atoms with Crippen LogP contribution in [0.15, 0.2) is 27.4 Å². The van der Waals surface area contributed by atoms with Crippen LogP contribution in [-0.4, -0.2) is 12.6 Å². The topological polar surface area (TPSA) is 68.3 Å². The lowest BCUT2D eigenvalue weighted by atomic mass is 10.0. The molecule has 0 saturated carbocycles. The molecule has 1 aliphatic heterocycles. The average Bonchev–Trinajstić information content (AvgIpc) is 2.57. The van der Waals surface area contributed by atoms with Gasteiger partial charge in [0.05, 0.1) is 5.56 Å². The molecule has 0 saturated heterocycles. The fourth-order valence-corrected chi connectivity index (χ4v) is 2.54. The molecule has 1 atom stereocenters. The van der Waals surface area contributed by atoms with Crippen LogP contribution in [0, 0.1) is 0 Å². The number of anilines is 1. The van der Waals surface area contributed by atoms with Gasteiger partial charge in [0, 0.05) is 35.8 Å². The van der Waals surface area contributed by atoms with Crippen molar-refractivity contribution in [2.24, 2.45) is 5.73 Å². The Bertz CT molecular complexity index is 752. The molecule has 0 bridgehead atoms. The minimum atomic E-state index is -4.60. The first-order valence-corrected chi connectivity index (χ1v) is 6.52. The van der Waals surface area contributed by atoms with Gasteiger partial charge in [-0.1, -0.05) is 0 Å². The molecule has 21 heavy (non-hydrogen) atoms. The third-order valence-electron chi connectivity index (χ3n) is 3.61. The zero-order valence-electron chi connectivity index (χ0n) is 11.0. The van der Waals surface area contributed by atoms with E-state index in [0.717, 1.165) is 5.56 Å². The van der Waals surface area contributed by atoms with Crippen molar-refractivity contribution in [3.63, 3.8) is 0 Å². The van der Waals surface area contributed by atoms with Gasteiger partial charge in [-0.3, -0.25) is 0 Å². The summed E-state index contributed by atoms with van der Waals surface area (Å²) in [7, 11) is 0. The number of fused-ring (bicyclic) bond motifs is 2. The summed E-state index contributed by atoms with van der Waals surface area (Å²) in [4.78, 5) is 11.3. The van der Waals surface area contributed by atoms with E-state index in [1.807, 2.05) is 0 Å². The van der Waals surface area contributed by atoms with Crippen LogP contribution >= 0.6 is 0 Å². The van der Waals surface area contributed by atoms with Gasteiger partial charge < -0.3 is 15.5 Å². The third-order valence-corrected chi connectivity index (χ3v) is 3.61. The van der Waals surface area contributed by atoms with Crippen molar-refractivity contribution in [3.05, 3.63) is 39.7 Å². The molecule has 112 valence electrons. The van der Waals surface area contributed by atoms with E-state index in [-0.39, 0.29) is 17.0 Å². The molecule has 3 N–H and O–H groups in total. The van der Waals surface area contributed by atoms with Crippen LogP contribution in [0.4, 0.5) is 18.9 Å². The third kappa shape index (κ3) is 2.61. The highest BCUT2D eigenvalue weighted by Gasteiger charge is 2.34. The highest BCUT2D eigenvalue weighted by atomic mass is 19.4. The summed E-state index contributed by atoms with van der Waals surface area (Å²) in [5.41, 5.74) is 5.20. The van der Waals surface area contributed by atoms with E-state index >= 15 is 0 Å². The second-order valence-electron chi connectivity index (χ2n) is 5.16. The summed E-state index contributed by atoms with van der Waals surface area (Å²) in [6, 6.07) is 3.31. The standard InChI is InChI=1S/C14H13F3N2O2/c15-14(16,17)10-4-13(20)21-12-5-11-7(3-9(10)12)1-2-8(18)6-19-11/h3-5,8,19H,1-2,6,18H2. The average molecular weight is 298 g/mol. The minimum Gasteiger partial charge on any atom is -0.423 e. The Morgan fingerprint density at radius 1 is 1.29 bits per heavy atom. The SMILES string of the molecule is NC1CCc2cc3c(C(F)(F)F)cc(=O)oc3cc2NC1. The summed E-state index contributed by atoms with van der Waals surface area (Å²) in [5, 5.41) is 2.98.